The van der Waals surface area contributed by atoms with E-state index in [1.165, 1.54) is 46.4 Å². The van der Waals surface area contributed by atoms with Crippen molar-refractivity contribution < 1.29 is 4.74 Å². The minimum Gasteiger partial charge on any atom is -0.497 e. The Morgan fingerprint density at radius 1 is 0.875 bits per heavy atom. The number of benzene rings is 3. The summed E-state index contributed by atoms with van der Waals surface area (Å²) in [6.45, 7) is 0. The summed E-state index contributed by atoms with van der Waals surface area (Å²) in [6.07, 6.45) is 7.11. The number of rotatable bonds is 3. The molecule has 2 unspecified atom stereocenters. The molecule has 0 aliphatic heterocycles. The van der Waals surface area contributed by atoms with Crippen LogP contribution in [0.4, 0.5) is 0 Å². The standard InChI is InChI=1S/C22H19OSi/c24-13-23-22-18-7-3-1-5-16(18)21(17-6-2-4-8-19(17)22)20-12-14-9-10-15(20)11-14/h1-8,12,14-15H,9-11,13H2. The van der Waals surface area contributed by atoms with Crippen molar-refractivity contribution >= 4 is 37.4 Å². The third kappa shape index (κ3) is 1.99. The lowest BCUT2D eigenvalue weighted by Gasteiger charge is -2.21. The van der Waals surface area contributed by atoms with E-state index in [-0.39, 0.29) is 0 Å². The maximum absolute atomic E-state index is 6.01. The van der Waals surface area contributed by atoms with E-state index in [1.54, 1.807) is 5.57 Å². The van der Waals surface area contributed by atoms with Crippen molar-refractivity contribution in [2.45, 2.75) is 19.3 Å². The van der Waals surface area contributed by atoms with Gasteiger partial charge in [0.05, 0.1) is 16.5 Å². The first-order valence-corrected chi connectivity index (χ1v) is 9.50. The molecule has 2 aliphatic rings. The van der Waals surface area contributed by atoms with Crippen LogP contribution >= 0.6 is 0 Å². The summed E-state index contributed by atoms with van der Waals surface area (Å²) in [6, 6.07) is 17.4. The second-order valence-electron chi connectivity index (χ2n) is 6.98. The molecule has 1 nitrogen and oxygen atoms in total. The van der Waals surface area contributed by atoms with E-state index in [0.717, 1.165) is 17.6 Å². The van der Waals surface area contributed by atoms with Gasteiger partial charge in [-0.3, -0.25) is 0 Å². The monoisotopic (exact) mass is 327 g/mol. The molecule has 1 saturated carbocycles. The second kappa shape index (κ2) is 5.49. The molecule has 24 heavy (non-hydrogen) atoms. The Labute approximate surface area is 145 Å². The molecule has 2 bridgehead atoms. The Balaban J connectivity index is 1.91. The van der Waals surface area contributed by atoms with Gasteiger partial charge in [0, 0.05) is 10.8 Å². The molecular formula is C22H19OSi. The van der Waals surface area contributed by atoms with Crippen LogP contribution in [0.3, 0.4) is 0 Å². The molecule has 3 aromatic carbocycles. The third-order valence-corrected chi connectivity index (χ3v) is 5.86. The SMILES string of the molecule is [Si]COc1c2ccccc2c(C2=CC3CCC2C3)c2ccccc12. The first-order chi connectivity index (χ1) is 11.9. The van der Waals surface area contributed by atoms with Crippen molar-refractivity contribution in [3.05, 3.63) is 60.2 Å². The van der Waals surface area contributed by atoms with E-state index in [0.29, 0.717) is 6.23 Å². The van der Waals surface area contributed by atoms with Gasteiger partial charge in [-0.15, -0.1) is 0 Å². The molecule has 2 heteroatoms. The van der Waals surface area contributed by atoms with Gasteiger partial charge in [-0.1, -0.05) is 54.6 Å². The van der Waals surface area contributed by atoms with Crippen molar-refractivity contribution in [3.8, 4) is 5.75 Å². The average molecular weight is 327 g/mol. The predicted molar refractivity (Wildman–Crippen MR) is 102 cm³/mol. The molecule has 3 aromatic rings. The Hall–Kier alpha value is -2.06. The second-order valence-corrected chi connectivity index (χ2v) is 7.26. The fourth-order valence-corrected chi connectivity index (χ4v) is 4.90. The molecule has 0 N–H and O–H groups in total. The number of fused-ring (bicyclic) bond motifs is 4. The Morgan fingerprint density at radius 3 is 2.00 bits per heavy atom. The number of hydrogen-bond acceptors (Lipinski definition) is 1. The lowest BCUT2D eigenvalue weighted by molar-refractivity contribution is 0.396. The molecule has 0 spiro atoms. The number of ether oxygens (including phenoxy) is 1. The highest BCUT2D eigenvalue weighted by Gasteiger charge is 2.34. The summed E-state index contributed by atoms with van der Waals surface area (Å²) >= 11 is 0. The summed E-state index contributed by atoms with van der Waals surface area (Å²) in [5.74, 6) is 2.52. The summed E-state index contributed by atoms with van der Waals surface area (Å²) in [7, 11) is 3.49. The van der Waals surface area contributed by atoms with Crippen LogP contribution in [0.15, 0.2) is 54.6 Å². The first kappa shape index (κ1) is 14.3. The first-order valence-electron chi connectivity index (χ1n) is 8.79. The Morgan fingerprint density at radius 2 is 1.50 bits per heavy atom. The molecule has 2 atom stereocenters. The van der Waals surface area contributed by atoms with E-state index in [1.807, 2.05) is 0 Å². The van der Waals surface area contributed by atoms with Gasteiger partial charge in [-0.05, 0) is 53.0 Å². The minimum atomic E-state index is 0.501. The van der Waals surface area contributed by atoms with Crippen molar-refractivity contribution in [3.63, 3.8) is 0 Å². The largest absolute Gasteiger partial charge is 0.497 e. The van der Waals surface area contributed by atoms with E-state index >= 15 is 0 Å². The highest BCUT2D eigenvalue weighted by Crippen LogP contribution is 2.52. The summed E-state index contributed by atoms with van der Waals surface area (Å²) in [4.78, 5) is 0. The molecule has 1 fully saturated rings. The van der Waals surface area contributed by atoms with Crippen molar-refractivity contribution in [1.29, 1.82) is 0 Å². The summed E-state index contributed by atoms with van der Waals surface area (Å²) in [5, 5.41) is 5.08. The maximum Gasteiger partial charge on any atom is 0.134 e. The van der Waals surface area contributed by atoms with Crippen LogP contribution in [0.25, 0.3) is 27.1 Å². The molecule has 5 rings (SSSR count). The number of allylic oxidation sites excluding steroid dienone is 2. The normalized spacial score (nSPS) is 22.3. The third-order valence-electron chi connectivity index (χ3n) is 5.72. The van der Waals surface area contributed by atoms with Crippen LogP contribution in [0.2, 0.25) is 0 Å². The molecule has 0 amide bonds. The van der Waals surface area contributed by atoms with Crippen molar-refractivity contribution in [2.24, 2.45) is 11.8 Å². The fraction of sp³-hybridized carbons (Fsp3) is 0.273. The zero-order valence-electron chi connectivity index (χ0n) is 13.6. The van der Waals surface area contributed by atoms with Crippen LogP contribution in [0, 0.1) is 11.8 Å². The van der Waals surface area contributed by atoms with Gasteiger partial charge in [0.1, 0.15) is 5.75 Å². The van der Waals surface area contributed by atoms with Crippen molar-refractivity contribution in [1.82, 2.24) is 0 Å². The van der Waals surface area contributed by atoms with Gasteiger partial charge in [0.15, 0.2) is 0 Å². The molecule has 3 radical (unpaired) electrons. The summed E-state index contributed by atoms with van der Waals surface area (Å²) in [5.41, 5.74) is 3.01. The maximum atomic E-state index is 6.01. The van der Waals surface area contributed by atoms with Gasteiger partial charge in [-0.25, -0.2) is 0 Å². The van der Waals surface area contributed by atoms with Crippen molar-refractivity contribution in [2.75, 3.05) is 6.23 Å². The van der Waals surface area contributed by atoms with Crippen LogP contribution in [0.5, 0.6) is 5.75 Å². The molecular weight excluding hydrogens is 308 g/mol. The minimum absolute atomic E-state index is 0.501. The van der Waals surface area contributed by atoms with Crippen LogP contribution in [0.1, 0.15) is 24.8 Å². The van der Waals surface area contributed by atoms with Crippen LogP contribution in [-0.4, -0.2) is 16.5 Å². The summed E-state index contributed by atoms with van der Waals surface area (Å²) < 4.78 is 6.01. The zero-order chi connectivity index (χ0) is 16.1. The van der Waals surface area contributed by atoms with Gasteiger partial charge >= 0.3 is 0 Å². The quantitative estimate of drug-likeness (QED) is 0.468. The zero-order valence-corrected chi connectivity index (χ0v) is 14.6. The molecule has 0 heterocycles. The molecule has 117 valence electrons. The Bertz CT molecular complexity index is 915. The lowest BCUT2D eigenvalue weighted by Crippen LogP contribution is -2.02. The lowest BCUT2D eigenvalue weighted by atomic mass is 9.85. The molecule has 0 aromatic heterocycles. The predicted octanol–water partition coefficient (Wildman–Crippen LogP) is 5.31. The van der Waals surface area contributed by atoms with Crippen LogP contribution in [-0.2, 0) is 0 Å². The topological polar surface area (TPSA) is 9.23 Å². The van der Waals surface area contributed by atoms with Gasteiger partial charge in [0.25, 0.3) is 0 Å². The number of hydrogen-bond donors (Lipinski definition) is 0. The smallest absolute Gasteiger partial charge is 0.134 e. The van der Waals surface area contributed by atoms with Gasteiger partial charge in [-0.2, -0.15) is 0 Å². The van der Waals surface area contributed by atoms with Crippen LogP contribution < -0.4 is 4.74 Å². The fourth-order valence-electron chi connectivity index (χ4n) is 4.75. The highest BCUT2D eigenvalue weighted by atomic mass is 28.1. The average Bonchev–Trinajstić information content (AvgIpc) is 3.25. The molecule has 2 aliphatic carbocycles. The van der Waals surface area contributed by atoms with E-state index < -0.39 is 0 Å². The highest BCUT2D eigenvalue weighted by molar-refractivity contribution is 6.14. The molecule has 0 saturated heterocycles. The van der Waals surface area contributed by atoms with Gasteiger partial charge in [0.2, 0.25) is 0 Å². The van der Waals surface area contributed by atoms with E-state index in [2.05, 4.69) is 64.8 Å². The van der Waals surface area contributed by atoms with E-state index in [4.69, 9.17) is 4.74 Å². The Kier molecular flexibility index (Phi) is 3.27. The van der Waals surface area contributed by atoms with E-state index in [9.17, 15) is 0 Å². The van der Waals surface area contributed by atoms with Gasteiger partial charge < -0.3 is 4.74 Å².